The van der Waals surface area contributed by atoms with E-state index in [4.69, 9.17) is 4.74 Å². The molecule has 130 valence electrons. The fraction of sp³-hybridized carbons (Fsp3) is 0.263. The Morgan fingerprint density at radius 1 is 1.12 bits per heavy atom. The topological polar surface area (TPSA) is 62.4 Å². The molecule has 0 saturated heterocycles. The number of rotatable bonds is 3. The van der Waals surface area contributed by atoms with Crippen LogP contribution in [0.1, 0.15) is 16.8 Å². The van der Waals surface area contributed by atoms with Crippen LogP contribution in [0.5, 0.6) is 5.75 Å². The Bertz CT molecular complexity index is 1040. The summed E-state index contributed by atoms with van der Waals surface area (Å²) in [5.41, 5.74) is 4.21. The van der Waals surface area contributed by atoms with Crippen LogP contribution in [-0.4, -0.2) is 31.4 Å². The average molecular weight is 356 g/mol. The summed E-state index contributed by atoms with van der Waals surface area (Å²) in [6.07, 6.45) is 0.688. The number of ether oxygens (including phenoxy) is 1. The van der Waals surface area contributed by atoms with Gasteiger partial charge in [-0.15, -0.1) is 0 Å². The van der Waals surface area contributed by atoms with Crippen molar-refractivity contribution >= 4 is 20.9 Å². The van der Waals surface area contributed by atoms with Gasteiger partial charge in [0.15, 0.2) is 0 Å². The zero-order valence-electron chi connectivity index (χ0n) is 14.2. The van der Waals surface area contributed by atoms with Crippen LogP contribution in [0, 0.1) is 6.92 Å². The fourth-order valence-electron chi connectivity index (χ4n) is 3.39. The van der Waals surface area contributed by atoms with E-state index in [1.54, 1.807) is 23.5 Å². The number of H-pyrrole nitrogens is 1. The Morgan fingerprint density at radius 2 is 1.88 bits per heavy atom. The van der Waals surface area contributed by atoms with Gasteiger partial charge in [0.25, 0.3) is 0 Å². The van der Waals surface area contributed by atoms with Crippen LogP contribution in [-0.2, 0) is 23.0 Å². The van der Waals surface area contributed by atoms with E-state index in [2.05, 4.69) is 4.98 Å². The molecule has 0 atom stereocenters. The molecule has 5 nitrogen and oxygen atoms in total. The highest BCUT2D eigenvalue weighted by molar-refractivity contribution is 7.89. The Balaban J connectivity index is 1.70. The predicted molar refractivity (Wildman–Crippen MR) is 97.3 cm³/mol. The molecule has 0 aliphatic carbocycles. The number of benzene rings is 2. The number of sulfonamides is 1. The van der Waals surface area contributed by atoms with Gasteiger partial charge in [0.2, 0.25) is 10.0 Å². The number of aryl methyl sites for hydroxylation is 1. The van der Waals surface area contributed by atoms with E-state index in [1.165, 1.54) is 5.56 Å². The molecule has 0 fully saturated rings. The van der Waals surface area contributed by atoms with Crippen LogP contribution >= 0.6 is 0 Å². The average Bonchev–Trinajstić information content (AvgIpc) is 2.99. The molecule has 3 aromatic rings. The summed E-state index contributed by atoms with van der Waals surface area (Å²) in [5.74, 6) is 0.809. The summed E-state index contributed by atoms with van der Waals surface area (Å²) in [6, 6.07) is 12.9. The van der Waals surface area contributed by atoms with Crippen molar-refractivity contribution in [2.24, 2.45) is 0 Å². The highest BCUT2D eigenvalue weighted by Gasteiger charge is 2.30. The van der Waals surface area contributed by atoms with Gasteiger partial charge in [-0.1, -0.05) is 17.7 Å². The molecule has 2 heterocycles. The molecule has 1 aliphatic rings. The fourth-order valence-corrected chi connectivity index (χ4v) is 4.80. The third-order valence-electron chi connectivity index (χ3n) is 4.81. The van der Waals surface area contributed by atoms with E-state index in [-0.39, 0.29) is 0 Å². The summed E-state index contributed by atoms with van der Waals surface area (Å²) in [7, 11) is -1.83. The van der Waals surface area contributed by atoms with Gasteiger partial charge in [-0.3, -0.25) is 0 Å². The maximum Gasteiger partial charge on any atom is 0.243 e. The van der Waals surface area contributed by atoms with Crippen molar-refractivity contribution in [1.82, 2.24) is 9.29 Å². The minimum atomic E-state index is -3.48. The van der Waals surface area contributed by atoms with Crippen molar-refractivity contribution in [3.05, 3.63) is 59.3 Å². The number of methoxy groups -OCH3 is 1. The normalized spacial score (nSPS) is 15.3. The van der Waals surface area contributed by atoms with Gasteiger partial charge in [-0.25, -0.2) is 8.42 Å². The smallest absolute Gasteiger partial charge is 0.243 e. The molecule has 1 aromatic heterocycles. The van der Waals surface area contributed by atoms with Crippen LogP contribution in [0.2, 0.25) is 0 Å². The SMILES string of the molecule is COc1ccc2[nH]c3c(c2c1)CCN(S(=O)(=O)c1ccc(C)cc1)C3. The second-order valence-corrected chi connectivity index (χ2v) is 8.33. The summed E-state index contributed by atoms with van der Waals surface area (Å²) in [5, 5.41) is 1.11. The molecule has 0 saturated carbocycles. The molecule has 1 N–H and O–H groups in total. The van der Waals surface area contributed by atoms with E-state index in [9.17, 15) is 8.42 Å². The van der Waals surface area contributed by atoms with Crippen LogP contribution < -0.4 is 4.74 Å². The molecule has 0 radical (unpaired) electrons. The lowest BCUT2D eigenvalue weighted by atomic mass is 10.0. The largest absolute Gasteiger partial charge is 0.497 e. The van der Waals surface area contributed by atoms with E-state index >= 15 is 0 Å². The number of nitrogens with one attached hydrogen (secondary N) is 1. The van der Waals surface area contributed by atoms with Crippen molar-refractivity contribution in [2.75, 3.05) is 13.7 Å². The van der Waals surface area contributed by atoms with Crippen LogP contribution in [0.15, 0.2) is 47.4 Å². The van der Waals surface area contributed by atoms with Crippen LogP contribution in [0.25, 0.3) is 10.9 Å². The third kappa shape index (κ3) is 2.71. The number of hydrogen-bond donors (Lipinski definition) is 1. The Hall–Kier alpha value is -2.31. The van der Waals surface area contributed by atoms with Gasteiger partial charge in [0.1, 0.15) is 5.75 Å². The summed E-state index contributed by atoms with van der Waals surface area (Å²) >= 11 is 0. The van der Waals surface area contributed by atoms with Crippen LogP contribution in [0.3, 0.4) is 0 Å². The second kappa shape index (κ2) is 5.89. The van der Waals surface area contributed by atoms with E-state index in [0.29, 0.717) is 24.4 Å². The highest BCUT2D eigenvalue weighted by atomic mass is 32.2. The van der Waals surface area contributed by atoms with E-state index in [0.717, 1.165) is 27.9 Å². The summed E-state index contributed by atoms with van der Waals surface area (Å²) in [6.45, 7) is 2.79. The quantitative estimate of drug-likeness (QED) is 0.784. The Labute approximate surface area is 147 Å². The van der Waals surface area contributed by atoms with Crippen molar-refractivity contribution < 1.29 is 13.2 Å². The number of aromatic nitrogens is 1. The lowest BCUT2D eigenvalue weighted by molar-refractivity contribution is 0.388. The first kappa shape index (κ1) is 16.2. The minimum Gasteiger partial charge on any atom is -0.497 e. The number of fused-ring (bicyclic) bond motifs is 3. The van der Waals surface area contributed by atoms with Crippen molar-refractivity contribution in [1.29, 1.82) is 0 Å². The zero-order valence-corrected chi connectivity index (χ0v) is 15.1. The van der Waals surface area contributed by atoms with Gasteiger partial charge in [-0.05, 0) is 49.2 Å². The summed E-state index contributed by atoms with van der Waals surface area (Å²) in [4.78, 5) is 3.71. The number of aromatic amines is 1. The first-order valence-corrected chi connectivity index (χ1v) is 9.67. The van der Waals surface area contributed by atoms with Crippen LogP contribution in [0.4, 0.5) is 0 Å². The van der Waals surface area contributed by atoms with Crippen molar-refractivity contribution in [3.63, 3.8) is 0 Å². The van der Waals surface area contributed by atoms with Crippen molar-refractivity contribution in [2.45, 2.75) is 24.8 Å². The standard InChI is InChI=1S/C19H20N2O3S/c1-13-3-6-15(7-4-13)25(22,23)21-10-9-16-17-11-14(24-2)5-8-18(17)20-19(16)12-21/h3-8,11,20H,9-10,12H2,1-2H3. The molecular formula is C19H20N2O3S. The van der Waals surface area contributed by atoms with Gasteiger partial charge >= 0.3 is 0 Å². The lowest BCUT2D eigenvalue weighted by Gasteiger charge is -2.26. The minimum absolute atomic E-state index is 0.347. The predicted octanol–water partition coefficient (Wildman–Crippen LogP) is 3.23. The van der Waals surface area contributed by atoms with Gasteiger partial charge in [0.05, 0.1) is 18.6 Å². The molecule has 1 aliphatic heterocycles. The van der Waals surface area contributed by atoms with E-state index < -0.39 is 10.0 Å². The van der Waals surface area contributed by atoms with Gasteiger partial charge in [0, 0.05) is 23.1 Å². The molecule has 0 spiro atoms. The van der Waals surface area contributed by atoms with Gasteiger partial charge in [-0.2, -0.15) is 4.31 Å². The number of nitrogens with zero attached hydrogens (tertiary/aromatic N) is 1. The summed E-state index contributed by atoms with van der Waals surface area (Å²) < 4.78 is 32.7. The zero-order chi connectivity index (χ0) is 17.6. The second-order valence-electron chi connectivity index (χ2n) is 6.40. The first-order chi connectivity index (χ1) is 12.0. The maximum absolute atomic E-state index is 12.9. The third-order valence-corrected chi connectivity index (χ3v) is 6.67. The van der Waals surface area contributed by atoms with E-state index in [1.807, 2.05) is 37.3 Å². The lowest BCUT2D eigenvalue weighted by Crippen LogP contribution is -2.35. The molecule has 0 bridgehead atoms. The molecule has 2 aromatic carbocycles. The molecule has 0 amide bonds. The molecule has 0 unspecified atom stereocenters. The molecular weight excluding hydrogens is 336 g/mol. The molecule has 6 heteroatoms. The molecule has 25 heavy (non-hydrogen) atoms. The molecule has 4 rings (SSSR count). The highest BCUT2D eigenvalue weighted by Crippen LogP contribution is 2.32. The van der Waals surface area contributed by atoms with Crippen molar-refractivity contribution in [3.8, 4) is 5.75 Å². The first-order valence-electron chi connectivity index (χ1n) is 8.23. The maximum atomic E-state index is 12.9. The van der Waals surface area contributed by atoms with Gasteiger partial charge < -0.3 is 9.72 Å². The number of hydrogen-bond acceptors (Lipinski definition) is 3. The Morgan fingerprint density at radius 3 is 2.60 bits per heavy atom. The monoisotopic (exact) mass is 356 g/mol. The Kier molecular flexibility index (Phi) is 3.81.